The van der Waals surface area contributed by atoms with Crippen molar-refractivity contribution in [3.63, 3.8) is 0 Å². The summed E-state index contributed by atoms with van der Waals surface area (Å²) < 4.78 is 19.5. The number of hydrogen-bond donors (Lipinski definition) is 2. The first-order chi connectivity index (χ1) is 24.5. The van der Waals surface area contributed by atoms with Crippen LogP contribution in [0.25, 0.3) is 0 Å². The number of carboxylic acids is 1. The van der Waals surface area contributed by atoms with Gasteiger partial charge in [0.1, 0.15) is 11.3 Å². The molecule has 1 saturated carbocycles. The standard InChI is InChI=1S/C42H54ClN3O5/c1-27(24-49-36-11-17-44-35-10-5-7-28(2)39(35)36)19-31-20-30-21-37-38(51-26-29(25-50-37)12-18-46(3)4)23-34(30)41(31)13-15-42(16-14-41,40(47)48)45-33-9-6-8-32(43)22-33/h6,8-9,11,17,21-23,27-29,31,45H,5,7,10,12-16,18-20,24-26H2,1-4H3,(H,47,48)/t27-,28-,29?,31+,41?,42?/m1/s1. The number of anilines is 1. The van der Waals surface area contributed by atoms with E-state index in [-0.39, 0.29) is 5.41 Å². The molecule has 4 atom stereocenters. The molecule has 1 aromatic heterocycles. The van der Waals surface area contributed by atoms with Crippen molar-refractivity contribution in [3.8, 4) is 17.2 Å². The van der Waals surface area contributed by atoms with E-state index in [1.807, 2.05) is 36.5 Å². The quantitative estimate of drug-likeness (QED) is 0.204. The number of aryl methyl sites for hydroxylation is 1. The molecule has 1 unspecified atom stereocenters. The molecule has 274 valence electrons. The Morgan fingerprint density at radius 2 is 1.88 bits per heavy atom. The fourth-order valence-corrected chi connectivity index (χ4v) is 9.60. The average molecular weight is 716 g/mol. The van der Waals surface area contributed by atoms with Gasteiger partial charge in [0.05, 0.1) is 19.8 Å². The lowest BCUT2D eigenvalue weighted by Crippen LogP contribution is -2.53. The molecule has 4 aliphatic rings. The van der Waals surface area contributed by atoms with Crippen molar-refractivity contribution < 1.29 is 24.1 Å². The minimum absolute atomic E-state index is 0.169. The molecule has 1 fully saturated rings. The van der Waals surface area contributed by atoms with Crippen molar-refractivity contribution in [2.24, 2.45) is 17.8 Å². The highest BCUT2D eigenvalue weighted by atomic mass is 35.5. The van der Waals surface area contributed by atoms with Gasteiger partial charge in [-0.25, -0.2) is 4.79 Å². The van der Waals surface area contributed by atoms with Gasteiger partial charge in [0.25, 0.3) is 0 Å². The Bertz CT molecular complexity index is 1720. The molecule has 9 heteroatoms. The highest BCUT2D eigenvalue weighted by Crippen LogP contribution is 2.58. The summed E-state index contributed by atoms with van der Waals surface area (Å²) in [5, 5.41) is 14.7. The highest BCUT2D eigenvalue weighted by molar-refractivity contribution is 6.30. The van der Waals surface area contributed by atoms with Gasteiger partial charge >= 0.3 is 5.97 Å². The van der Waals surface area contributed by atoms with Crippen molar-refractivity contribution in [1.29, 1.82) is 0 Å². The molecule has 8 nitrogen and oxygen atoms in total. The third kappa shape index (κ3) is 7.41. The Morgan fingerprint density at radius 1 is 1.12 bits per heavy atom. The number of halogens is 1. The maximum atomic E-state index is 13.0. The van der Waals surface area contributed by atoms with E-state index in [4.69, 9.17) is 25.8 Å². The van der Waals surface area contributed by atoms with Crippen LogP contribution in [0.4, 0.5) is 5.69 Å². The first-order valence-electron chi connectivity index (χ1n) is 19.0. The minimum atomic E-state index is -1.07. The molecule has 2 aromatic carbocycles. The van der Waals surface area contributed by atoms with E-state index in [9.17, 15) is 9.90 Å². The molecule has 0 saturated heterocycles. The van der Waals surface area contributed by atoms with E-state index >= 15 is 0 Å². The maximum Gasteiger partial charge on any atom is 0.329 e. The molecule has 7 rings (SSSR count). The molecule has 0 amide bonds. The van der Waals surface area contributed by atoms with Crippen LogP contribution in [-0.4, -0.2) is 67.0 Å². The number of benzene rings is 2. The number of ether oxygens (including phenoxy) is 3. The largest absolute Gasteiger partial charge is 0.493 e. The Balaban J connectivity index is 1.14. The molecule has 1 aliphatic heterocycles. The molecular formula is C42H54ClN3O5. The summed E-state index contributed by atoms with van der Waals surface area (Å²) in [6.45, 7) is 7.50. The third-order valence-electron chi connectivity index (χ3n) is 12.3. The van der Waals surface area contributed by atoms with Crippen LogP contribution < -0.4 is 19.5 Å². The van der Waals surface area contributed by atoms with Crippen LogP contribution in [0, 0.1) is 17.8 Å². The van der Waals surface area contributed by atoms with Crippen LogP contribution in [-0.2, 0) is 23.1 Å². The van der Waals surface area contributed by atoms with Gasteiger partial charge in [-0.15, -0.1) is 0 Å². The minimum Gasteiger partial charge on any atom is -0.493 e. The monoisotopic (exact) mass is 715 g/mol. The Hall–Kier alpha value is -3.49. The molecule has 0 radical (unpaired) electrons. The first kappa shape index (κ1) is 35.9. The van der Waals surface area contributed by atoms with Crippen LogP contribution in [0.3, 0.4) is 0 Å². The van der Waals surface area contributed by atoms with E-state index in [2.05, 4.69) is 55.3 Å². The van der Waals surface area contributed by atoms with Gasteiger partial charge in [0.2, 0.25) is 0 Å². The van der Waals surface area contributed by atoms with Gasteiger partial charge < -0.3 is 29.5 Å². The van der Waals surface area contributed by atoms with Crippen molar-refractivity contribution in [1.82, 2.24) is 9.88 Å². The topological polar surface area (TPSA) is 93.2 Å². The normalized spacial score (nSPS) is 27.4. The zero-order chi connectivity index (χ0) is 35.8. The van der Waals surface area contributed by atoms with Crippen LogP contribution in [0.15, 0.2) is 48.7 Å². The second-order valence-electron chi connectivity index (χ2n) is 16.2. The zero-order valence-corrected chi connectivity index (χ0v) is 31.4. The fourth-order valence-electron chi connectivity index (χ4n) is 9.41. The number of aliphatic carboxylic acids is 1. The predicted octanol–water partition coefficient (Wildman–Crippen LogP) is 8.54. The average Bonchev–Trinajstić information content (AvgIpc) is 3.23. The Morgan fingerprint density at radius 3 is 2.61 bits per heavy atom. The van der Waals surface area contributed by atoms with Crippen molar-refractivity contribution in [2.75, 3.05) is 45.8 Å². The number of pyridine rings is 1. The molecule has 3 aromatic rings. The summed E-state index contributed by atoms with van der Waals surface area (Å²) >= 11 is 6.30. The SMILES string of the molecule is C[C@@H](COc1ccnc2c1[C@H](C)CCC2)C[C@H]1Cc2cc3c(cc2C12CCC(Nc1cccc(Cl)c1)(C(=O)O)CC2)OCC(CCN(C)C)CO3. The predicted molar refractivity (Wildman–Crippen MR) is 202 cm³/mol. The maximum absolute atomic E-state index is 13.0. The van der Waals surface area contributed by atoms with Gasteiger partial charge in [-0.05, 0) is 156 Å². The number of rotatable bonds is 11. The molecule has 2 N–H and O–H groups in total. The lowest BCUT2D eigenvalue weighted by molar-refractivity contribution is -0.144. The smallest absolute Gasteiger partial charge is 0.329 e. The zero-order valence-electron chi connectivity index (χ0n) is 30.7. The highest BCUT2D eigenvalue weighted by Gasteiger charge is 2.54. The third-order valence-corrected chi connectivity index (χ3v) is 12.5. The summed E-state index contributed by atoms with van der Waals surface area (Å²) in [7, 11) is 4.20. The summed E-state index contributed by atoms with van der Waals surface area (Å²) in [5.74, 6) is 3.27. The number of hydrogen-bond acceptors (Lipinski definition) is 7. The summed E-state index contributed by atoms with van der Waals surface area (Å²) in [5.41, 5.74) is 4.60. The van der Waals surface area contributed by atoms with Gasteiger partial charge in [-0.2, -0.15) is 0 Å². The Labute approximate surface area is 308 Å². The number of carboxylic acid groups (broad SMARTS) is 1. The molecule has 2 heterocycles. The van der Waals surface area contributed by atoms with E-state index in [0.717, 1.165) is 68.0 Å². The Kier molecular flexibility index (Phi) is 10.5. The van der Waals surface area contributed by atoms with Gasteiger partial charge in [-0.3, -0.25) is 4.98 Å². The van der Waals surface area contributed by atoms with E-state index < -0.39 is 11.5 Å². The van der Waals surface area contributed by atoms with Gasteiger partial charge in [-0.1, -0.05) is 31.5 Å². The van der Waals surface area contributed by atoms with Crippen molar-refractivity contribution in [2.45, 2.75) is 94.9 Å². The number of fused-ring (bicyclic) bond motifs is 4. The van der Waals surface area contributed by atoms with Crippen LogP contribution in [0.1, 0.15) is 93.5 Å². The molecule has 0 bridgehead atoms. The molecule has 3 aliphatic carbocycles. The first-order valence-corrected chi connectivity index (χ1v) is 19.4. The summed E-state index contributed by atoms with van der Waals surface area (Å²) in [4.78, 5) is 19.9. The van der Waals surface area contributed by atoms with Gasteiger partial charge in [0, 0.05) is 34.1 Å². The number of aromatic nitrogens is 1. The number of nitrogens with one attached hydrogen (secondary N) is 1. The van der Waals surface area contributed by atoms with Crippen LogP contribution in [0.2, 0.25) is 5.02 Å². The second kappa shape index (κ2) is 14.9. The molecule has 51 heavy (non-hydrogen) atoms. The van der Waals surface area contributed by atoms with Crippen LogP contribution >= 0.6 is 11.6 Å². The lowest BCUT2D eigenvalue weighted by Gasteiger charge is -2.47. The number of carbonyl (C=O) groups is 1. The van der Waals surface area contributed by atoms with Crippen molar-refractivity contribution in [3.05, 3.63) is 76.1 Å². The van der Waals surface area contributed by atoms with Crippen molar-refractivity contribution >= 4 is 23.3 Å². The lowest BCUT2D eigenvalue weighted by atomic mass is 9.59. The number of nitrogens with zero attached hydrogens (tertiary/aromatic N) is 2. The van der Waals surface area contributed by atoms with E-state index in [0.29, 0.717) is 61.4 Å². The second-order valence-corrected chi connectivity index (χ2v) is 16.7. The fraction of sp³-hybridized carbons (Fsp3) is 0.571. The summed E-state index contributed by atoms with van der Waals surface area (Å²) in [6, 6.07) is 13.9. The van der Waals surface area contributed by atoms with E-state index in [1.165, 1.54) is 35.2 Å². The summed E-state index contributed by atoms with van der Waals surface area (Å²) in [6.07, 6.45) is 10.8. The molecular weight excluding hydrogens is 662 g/mol. The molecule has 1 spiro atoms. The van der Waals surface area contributed by atoms with E-state index in [1.54, 1.807) is 0 Å². The van der Waals surface area contributed by atoms with Crippen LogP contribution in [0.5, 0.6) is 17.2 Å². The van der Waals surface area contributed by atoms with Gasteiger partial charge in [0.15, 0.2) is 11.5 Å².